The zero-order valence-electron chi connectivity index (χ0n) is 5.16. The molecule has 0 aromatic carbocycles. The highest BCUT2D eigenvalue weighted by atomic mass is 32.1. The fraction of sp³-hybridized carbons (Fsp3) is 0.167. The van der Waals surface area contributed by atoms with E-state index in [1.807, 2.05) is 11.4 Å². The molecule has 0 bridgehead atoms. The van der Waals surface area contributed by atoms with E-state index in [2.05, 4.69) is 23.6 Å². The number of hydrogen-bond donors (Lipinski definition) is 2. The Morgan fingerprint density at radius 2 is 2.60 bits per heavy atom. The second kappa shape index (κ2) is 3.62. The molecule has 1 heterocycles. The highest BCUT2D eigenvalue weighted by Crippen LogP contribution is 2.13. The molecule has 0 amide bonds. The lowest BCUT2D eigenvalue weighted by Gasteiger charge is -1.88. The molecule has 0 unspecified atom stereocenters. The number of nitrogens with one attached hydrogen (secondary N) is 1. The molecule has 0 aliphatic heterocycles. The van der Waals surface area contributed by atoms with Crippen LogP contribution in [0.3, 0.4) is 0 Å². The van der Waals surface area contributed by atoms with E-state index >= 15 is 0 Å². The lowest BCUT2D eigenvalue weighted by molar-refractivity contribution is 1.01. The van der Waals surface area contributed by atoms with Crippen molar-refractivity contribution in [2.24, 2.45) is 0 Å². The summed E-state index contributed by atoms with van der Waals surface area (Å²) in [6.45, 7) is 0.718. The van der Waals surface area contributed by atoms with E-state index in [1.165, 1.54) is 0 Å². The van der Waals surface area contributed by atoms with Crippen molar-refractivity contribution in [2.45, 2.75) is 6.54 Å². The van der Waals surface area contributed by atoms with Crippen molar-refractivity contribution in [3.63, 3.8) is 0 Å². The maximum absolute atomic E-state index is 8.44. The van der Waals surface area contributed by atoms with Gasteiger partial charge in [-0.2, -0.15) is 5.26 Å². The van der Waals surface area contributed by atoms with Gasteiger partial charge < -0.3 is 0 Å². The molecule has 10 heavy (non-hydrogen) atoms. The molecule has 0 fully saturated rings. The maximum atomic E-state index is 8.44. The molecule has 0 saturated heterocycles. The van der Waals surface area contributed by atoms with E-state index in [-0.39, 0.29) is 0 Å². The van der Waals surface area contributed by atoms with Gasteiger partial charge in [0.1, 0.15) is 6.07 Å². The molecule has 52 valence electrons. The van der Waals surface area contributed by atoms with E-state index in [1.54, 1.807) is 11.3 Å². The van der Waals surface area contributed by atoms with Crippen LogP contribution in [0.2, 0.25) is 0 Å². The average molecular weight is 170 g/mol. The van der Waals surface area contributed by atoms with Gasteiger partial charge in [0.15, 0.2) is 0 Å². The van der Waals surface area contributed by atoms with Gasteiger partial charge in [0.2, 0.25) is 0 Å². The first-order valence-electron chi connectivity index (χ1n) is 2.71. The quantitative estimate of drug-likeness (QED) is 0.661. The summed E-state index contributed by atoms with van der Waals surface area (Å²) >= 11 is 5.41. The summed E-state index contributed by atoms with van der Waals surface area (Å²) in [5.74, 6) is 0. The van der Waals surface area contributed by atoms with Gasteiger partial charge in [-0.05, 0) is 6.07 Å². The minimum Gasteiger partial charge on any atom is -0.262 e. The molecule has 4 heteroatoms. The van der Waals surface area contributed by atoms with Crippen LogP contribution < -0.4 is 4.72 Å². The highest BCUT2D eigenvalue weighted by molar-refractivity contribution is 7.78. The largest absolute Gasteiger partial charge is 0.262 e. The molecule has 0 atom stereocenters. The van der Waals surface area contributed by atoms with Crippen molar-refractivity contribution >= 4 is 24.2 Å². The monoisotopic (exact) mass is 170 g/mol. The van der Waals surface area contributed by atoms with Crippen LogP contribution in [-0.4, -0.2) is 0 Å². The van der Waals surface area contributed by atoms with Gasteiger partial charge in [0, 0.05) is 16.8 Å². The van der Waals surface area contributed by atoms with Gasteiger partial charge in [-0.1, -0.05) is 12.8 Å². The van der Waals surface area contributed by atoms with Gasteiger partial charge in [0.05, 0.1) is 5.56 Å². The molecular formula is C6H6N2S2. The van der Waals surface area contributed by atoms with Crippen LogP contribution in [0.1, 0.15) is 10.4 Å². The van der Waals surface area contributed by atoms with Crippen molar-refractivity contribution in [3.05, 3.63) is 21.9 Å². The van der Waals surface area contributed by atoms with E-state index in [0.29, 0.717) is 0 Å². The molecule has 1 aromatic heterocycles. The van der Waals surface area contributed by atoms with Crippen LogP contribution in [0.4, 0.5) is 0 Å². The normalized spacial score (nSPS) is 9.20. The number of nitrogens with zero attached hydrogens (tertiary/aromatic N) is 1. The smallest absolute Gasteiger partial charge is 0.100 e. The van der Waals surface area contributed by atoms with Crippen LogP contribution in [0.25, 0.3) is 0 Å². The molecule has 0 spiro atoms. The van der Waals surface area contributed by atoms with Crippen molar-refractivity contribution in [1.29, 1.82) is 5.26 Å². The van der Waals surface area contributed by atoms with Crippen LogP contribution in [0, 0.1) is 11.3 Å². The zero-order valence-corrected chi connectivity index (χ0v) is 6.88. The molecule has 1 N–H and O–H groups in total. The van der Waals surface area contributed by atoms with Crippen molar-refractivity contribution in [2.75, 3.05) is 0 Å². The Morgan fingerprint density at radius 1 is 1.80 bits per heavy atom. The Balaban J connectivity index is 2.71. The summed E-state index contributed by atoms with van der Waals surface area (Å²) in [6, 6.07) is 3.92. The van der Waals surface area contributed by atoms with Crippen LogP contribution in [0.5, 0.6) is 0 Å². The van der Waals surface area contributed by atoms with Crippen LogP contribution in [-0.2, 0) is 6.54 Å². The minimum atomic E-state index is 0.718. The first kappa shape index (κ1) is 7.61. The third-order valence-electron chi connectivity index (χ3n) is 1.04. The van der Waals surface area contributed by atoms with Crippen molar-refractivity contribution < 1.29 is 0 Å². The van der Waals surface area contributed by atoms with Crippen molar-refractivity contribution in [1.82, 2.24) is 4.72 Å². The molecule has 0 aliphatic carbocycles. The minimum absolute atomic E-state index is 0.718. The predicted octanol–water partition coefficient (Wildman–Crippen LogP) is 1.55. The Bertz CT molecular complexity index is 248. The molecule has 2 nitrogen and oxygen atoms in total. The van der Waals surface area contributed by atoms with E-state index in [4.69, 9.17) is 5.26 Å². The van der Waals surface area contributed by atoms with Crippen molar-refractivity contribution in [3.8, 4) is 6.07 Å². The summed E-state index contributed by atoms with van der Waals surface area (Å²) in [5.41, 5.74) is 0.726. The number of rotatable bonds is 2. The number of thiol groups is 1. The second-order valence-corrected chi connectivity index (χ2v) is 3.06. The molecule has 1 rings (SSSR count). The predicted molar refractivity (Wildman–Crippen MR) is 44.9 cm³/mol. The fourth-order valence-electron chi connectivity index (χ4n) is 0.610. The SMILES string of the molecule is N#Cc1csc(CNS)c1. The summed E-state index contributed by atoms with van der Waals surface area (Å²) in [5, 5.41) is 10.3. The zero-order chi connectivity index (χ0) is 7.40. The van der Waals surface area contributed by atoms with E-state index in [0.717, 1.165) is 17.0 Å². The molecule has 1 aromatic rings. The number of hydrogen-bond acceptors (Lipinski definition) is 4. The van der Waals surface area contributed by atoms with Gasteiger partial charge in [-0.3, -0.25) is 4.72 Å². The lowest BCUT2D eigenvalue weighted by Crippen LogP contribution is -1.94. The van der Waals surface area contributed by atoms with E-state index < -0.39 is 0 Å². The van der Waals surface area contributed by atoms with Crippen LogP contribution >= 0.6 is 24.2 Å². The van der Waals surface area contributed by atoms with Gasteiger partial charge in [0.25, 0.3) is 0 Å². The summed E-state index contributed by atoms with van der Waals surface area (Å²) in [7, 11) is 0. The lowest BCUT2D eigenvalue weighted by atomic mass is 10.3. The maximum Gasteiger partial charge on any atom is 0.100 e. The average Bonchev–Trinajstić information content (AvgIpc) is 2.37. The third kappa shape index (κ3) is 1.74. The van der Waals surface area contributed by atoms with Gasteiger partial charge in [-0.15, -0.1) is 11.3 Å². The third-order valence-corrected chi connectivity index (χ3v) is 2.13. The first-order chi connectivity index (χ1) is 4.86. The Labute approximate surface area is 69.0 Å². The number of thiophene rings is 1. The fourth-order valence-corrected chi connectivity index (χ4v) is 1.64. The summed E-state index contributed by atoms with van der Waals surface area (Å²) in [4.78, 5) is 1.13. The van der Waals surface area contributed by atoms with E-state index in [9.17, 15) is 0 Å². The number of nitriles is 1. The molecule has 0 saturated carbocycles. The van der Waals surface area contributed by atoms with Gasteiger partial charge >= 0.3 is 0 Å². The Kier molecular flexibility index (Phi) is 2.75. The van der Waals surface area contributed by atoms with Crippen LogP contribution in [0.15, 0.2) is 11.4 Å². The first-order valence-corrected chi connectivity index (χ1v) is 4.04. The topological polar surface area (TPSA) is 35.8 Å². The van der Waals surface area contributed by atoms with Gasteiger partial charge in [-0.25, -0.2) is 0 Å². The summed E-state index contributed by atoms with van der Waals surface area (Å²) in [6.07, 6.45) is 0. The summed E-state index contributed by atoms with van der Waals surface area (Å²) < 4.78 is 2.72. The Morgan fingerprint density at radius 3 is 3.10 bits per heavy atom. The molecular weight excluding hydrogens is 164 g/mol. The second-order valence-electron chi connectivity index (χ2n) is 1.75. The Hall–Kier alpha value is -0.500. The molecule has 0 radical (unpaired) electrons. The standard InChI is InChI=1S/C6H6N2S2/c7-2-5-1-6(3-8-9)10-4-5/h1,4,8-9H,3H2. The molecule has 0 aliphatic rings. The highest BCUT2D eigenvalue weighted by Gasteiger charge is 1.95.